The third-order valence-corrected chi connectivity index (χ3v) is 4.47. The molecule has 126 valence electrons. The van der Waals surface area contributed by atoms with E-state index in [1.807, 2.05) is 6.07 Å². The summed E-state index contributed by atoms with van der Waals surface area (Å²) in [6.45, 7) is 1.42. The topological polar surface area (TPSA) is 51.7 Å². The van der Waals surface area contributed by atoms with E-state index >= 15 is 0 Å². The number of ether oxygens (including phenoxy) is 2. The predicted molar refractivity (Wildman–Crippen MR) is 91.5 cm³/mol. The Morgan fingerprint density at radius 1 is 1.33 bits per heavy atom. The molecule has 5 nitrogen and oxygen atoms in total. The highest BCUT2D eigenvalue weighted by Gasteiger charge is 2.26. The average Bonchev–Trinajstić information content (AvgIpc) is 2.63. The number of carbonyl (C=O) groups excluding carboxylic acids is 1. The van der Waals surface area contributed by atoms with E-state index in [1.165, 1.54) is 0 Å². The number of pyridine rings is 1. The lowest BCUT2D eigenvalue weighted by molar-refractivity contribution is -0.141. The number of hydrogen-bond donors (Lipinski definition) is 0. The van der Waals surface area contributed by atoms with Gasteiger partial charge in [0.15, 0.2) is 6.61 Å². The molecule has 1 amide bonds. The lowest BCUT2D eigenvalue weighted by atomic mass is 10.1. The van der Waals surface area contributed by atoms with Crippen LogP contribution in [0.1, 0.15) is 11.7 Å². The molecule has 7 heteroatoms. The number of morpholine rings is 1. The van der Waals surface area contributed by atoms with Crippen LogP contribution < -0.4 is 4.74 Å². The number of benzene rings is 1. The molecule has 0 N–H and O–H groups in total. The molecule has 1 fully saturated rings. The first-order chi connectivity index (χ1) is 11.6. The van der Waals surface area contributed by atoms with Crippen LogP contribution in [0, 0.1) is 0 Å². The summed E-state index contributed by atoms with van der Waals surface area (Å²) >= 11 is 12.0. The SMILES string of the molecule is O=C(COc1cccnc1)N1CCO[C@H](c2ccc(Cl)c(Cl)c2)C1. The van der Waals surface area contributed by atoms with Gasteiger partial charge in [0, 0.05) is 12.7 Å². The van der Waals surface area contributed by atoms with Crippen LogP contribution in [-0.4, -0.2) is 42.1 Å². The Morgan fingerprint density at radius 3 is 2.96 bits per heavy atom. The number of carbonyl (C=O) groups is 1. The maximum Gasteiger partial charge on any atom is 0.260 e. The first kappa shape index (κ1) is 17.0. The fourth-order valence-electron chi connectivity index (χ4n) is 2.46. The Labute approximate surface area is 150 Å². The molecule has 3 rings (SSSR count). The van der Waals surface area contributed by atoms with E-state index in [-0.39, 0.29) is 18.6 Å². The molecule has 2 aromatic rings. The molecule has 1 aliphatic rings. The molecule has 1 aromatic heterocycles. The number of halogens is 2. The minimum atomic E-state index is -0.226. The highest BCUT2D eigenvalue weighted by Crippen LogP contribution is 2.29. The van der Waals surface area contributed by atoms with Crippen LogP contribution in [0.15, 0.2) is 42.7 Å². The minimum absolute atomic E-state index is 0.0280. The van der Waals surface area contributed by atoms with E-state index in [1.54, 1.807) is 41.6 Å². The van der Waals surface area contributed by atoms with Crippen molar-refractivity contribution in [3.63, 3.8) is 0 Å². The number of rotatable bonds is 4. The van der Waals surface area contributed by atoms with Crippen LogP contribution in [0.4, 0.5) is 0 Å². The average molecular weight is 367 g/mol. The maximum atomic E-state index is 12.3. The molecule has 0 radical (unpaired) electrons. The van der Waals surface area contributed by atoms with Crippen LogP contribution in [0.2, 0.25) is 10.0 Å². The van der Waals surface area contributed by atoms with Gasteiger partial charge in [-0.15, -0.1) is 0 Å². The number of amides is 1. The maximum absolute atomic E-state index is 12.3. The number of aromatic nitrogens is 1. The molecule has 0 bridgehead atoms. The van der Waals surface area contributed by atoms with Crippen LogP contribution in [0.25, 0.3) is 0 Å². The fraction of sp³-hybridized carbons (Fsp3) is 0.294. The van der Waals surface area contributed by atoms with Crippen LogP contribution >= 0.6 is 23.2 Å². The Morgan fingerprint density at radius 2 is 2.21 bits per heavy atom. The van der Waals surface area contributed by atoms with Crippen molar-refractivity contribution in [2.24, 2.45) is 0 Å². The van der Waals surface area contributed by atoms with Gasteiger partial charge in [0.25, 0.3) is 5.91 Å². The van der Waals surface area contributed by atoms with Crippen molar-refractivity contribution in [1.29, 1.82) is 0 Å². The summed E-state index contributed by atoms with van der Waals surface area (Å²) in [6.07, 6.45) is 3.00. The standard InChI is InChI=1S/C17H16Cl2N2O3/c18-14-4-3-12(8-15(14)19)16-10-21(6-7-23-16)17(22)11-24-13-2-1-5-20-9-13/h1-5,8-9,16H,6-7,10-11H2/t16-/m0/s1. The summed E-state index contributed by atoms with van der Waals surface area (Å²) < 4.78 is 11.2. The molecule has 1 aliphatic heterocycles. The normalized spacial score (nSPS) is 17.6. The van der Waals surface area contributed by atoms with E-state index < -0.39 is 0 Å². The first-order valence-corrected chi connectivity index (χ1v) is 8.26. The van der Waals surface area contributed by atoms with E-state index in [0.717, 1.165) is 5.56 Å². The lowest BCUT2D eigenvalue weighted by Crippen LogP contribution is -2.44. The molecular weight excluding hydrogens is 351 g/mol. The molecule has 24 heavy (non-hydrogen) atoms. The minimum Gasteiger partial charge on any atom is -0.482 e. The Balaban J connectivity index is 1.60. The van der Waals surface area contributed by atoms with Gasteiger partial charge in [-0.05, 0) is 29.8 Å². The first-order valence-electron chi connectivity index (χ1n) is 7.50. The summed E-state index contributed by atoms with van der Waals surface area (Å²) in [7, 11) is 0. The zero-order valence-corrected chi connectivity index (χ0v) is 14.3. The molecule has 1 aromatic carbocycles. The van der Waals surface area contributed by atoms with Crippen molar-refractivity contribution in [2.45, 2.75) is 6.10 Å². The van der Waals surface area contributed by atoms with Crippen LogP contribution in [0.3, 0.4) is 0 Å². The highest BCUT2D eigenvalue weighted by molar-refractivity contribution is 6.42. The number of nitrogens with zero attached hydrogens (tertiary/aromatic N) is 2. The Hall–Kier alpha value is -1.82. The summed E-state index contributed by atoms with van der Waals surface area (Å²) in [4.78, 5) is 18.0. The van der Waals surface area contributed by atoms with Gasteiger partial charge in [0.1, 0.15) is 11.9 Å². The van der Waals surface area contributed by atoms with Crippen molar-refractivity contribution in [3.05, 3.63) is 58.3 Å². The van der Waals surface area contributed by atoms with E-state index in [0.29, 0.717) is 35.5 Å². The van der Waals surface area contributed by atoms with Gasteiger partial charge in [0.2, 0.25) is 0 Å². The van der Waals surface area contributed by atoms with Gasteiger partial charge in [-0.2, -0.15) is 0 Å². The van der Waals surface area contributed by atoms with Crippen molar-refractivity contribution < 1.29 is 14.3 Å². The highest BCUT2D eigenvalue weighted by atomic mass is 35.5. The molecular formula is C17H16Cl2N2O3. The Bertz CT molecular complexity index is 712. The van der Waals surface area contributed by atoms with Crippen molar-refractivity contribution in [3.8, 4) is 5.75 Å². The van der Waals surface area contributed by atoms with Crippen molar-refractivity contribution in [2.75, 3.05) is 26.3 Å². The predicted octanol–water partition coefficient (Wildman–Crippen LogP) is 3.37. The third kappa shape index (κ3) is 4.17. The summed E-state index contributed by atoms with van der Waals surface area (Å²) in [6, 6.07) is 8.88. The quantitative estimate of drug-likeness (QED) is 0.832. The van der Waals surface area contributed by atoms with Gasteiger partial charge in [0.05, 0.1) is 29.4 Å². The van der Waals surface area contributed by atoms with E-state index in [2.05, 4.69) is 4.98 Å². The summed E-state index contributed by atoms with van der Waals surface area (Å²) in [5.74, 6) is 0.479. The largest absolute Gasteiger partial charge is 0.482 e. The second-order valence-electron chi connectivity index (χ2n) is 5.35. The van der Waals surface area contributed by atoms with Crippen LogP contribution in [0.5, 0.6) is 5.75 Å². The van der Waals surface area contributed by atoms with Crippen molar-refractivity contribution in [1.82, 2.24) is 9.88 Å². The van der Waals surface area contributed by atoms with Gasteiger partial charge in [-0.1, -0.05) is 29.3 Å². The van der Waals surface area contributed by atoms with Gasteiger partial charge < -0.3 is 14.4 Å². The molecule has 0 aliphatic carbocycles. The van der Waals surface area contributed by atoms with E-state index in [4.69, 9.17) is 32.7 Å². The molecule has 1 atom stereocenters. The molecule has 0 spiro atoms. The second kappa shape index (κ2) is 7.83. The summed E-state index contributed by atoms with van der Waals surface area (Å²) in [5, 5.41) is 0.968. The molecule has 0 saturated carbocycles. The third-order valence-electron chi connectivity index (χ3n) is 3.73. The van der Waals surface area contributed by atoms with E-state index in [9.17, 15) is 4.79 Å². The lowest BCUT2D eigenvalue weighted by Gasteiger charge is -2.33. The zero-order chi connectivity index (χ0) is 16.9. The fourth-order valence-corrected chi connectivity index (χ4v) is 2.77. The zero-order valence-electron chi connectivity index (χ0n) is 12.8. The molecule has 1 saturated heterocycles. The smallest absolute Gasteiger partial charge is 0.260 e. The number of hydrogen-bond acceptors (Lipinski definition) is 4. The monoisotopic (exact) mass is 366 g/mol. The Kier molecular flexibility index (Phi) is 5.56. The second-order valence-corrected chi connectivity index (χ2v) is 6.16. The summed E-state index contributed by atoms with van der Waals surface area (Å²) in [5.41, 5.74) is 0.898. The van der Waals surface area contributed by atoms with Crippen molar-refractivity contribution >= 4 is 29.1 Å². The van der Waals surface area contributed by atoms with Gasteiger partial charge >= 0.3 is 0 Å². The van der Waals surface area contributed by atoms with Crippen LogP contribution in [-0.2, 0) is 9.53 Å². The molecule has 0 unspecified atom stereocenters. The molecule has 2 heterocycles. The van der Waals surface area contributed by atoms with Gasteiger partial charge in [-0.25, -0.2) is 0 Å². The van der Waals surface area contributed by atoms with Gasteiger partial charge in [-0.3, -0.25) is 9.78 Å².